The van der Waals surface area contributed by atoms with Crippen molar-refractivity contribution in [2.45, 2.75) is 26.7 Å². The first-order valence-corrected chi connectivity index (χ1v) is 8.30. The second kappa shape index (κ2) is 6.93. The number of halogens is 1. The predicted octanol–water partition coefficient (Wildman–Crippen LogP) is 2.58. The Labute approximate surface area is 146 Å². The van der Waals surface area contributed by atoms with Gasteiger partial charge in [-0.3, -0.25) is 14.6 Å². The molecule has 6 nitrogen and oxygen atoms in total. The summed E-state index contributed by atoms with van der Waals surface area (Å²) in [6.07, 6.45) is 7.81. The lowest BCUT2D eigenvalue weighted by atomic mass is 9.85. The van der Waals surface area contributed by atoms with Gasteiger partial charge in [0.15, 0.2) is 0 Å². The van der Waals surface area contributed by atoms with Crippen molar-refractivity contribution >= 4 is 11.6 Å². The number of aromatic nitrogens is 1. The molecule has 1 amide bonds. The van der Waals surface area contributed by atoms with Crippen molar-refractivity contribution in [1.29, 1.82) is 0 Å². The number of anilines is 1. The van der Waals surface area contributed by atoms with Crippen LogP contribution in [0.5, 0.6) is 0 Å². The molecule has 0 spiro atoms. The number of hydrogen-bond donors (Lipinski definition) is 2. The van der Waals surface area contributed by atoms with Crippen LogP contribution in [0.1, 0.15) is 36.2 Å². The first kappa shape index (κ1) is 17.6. The molecule has 0 fully saturated rings. The second-order valence-corrected chi connectivity index (χ2v) is 6.86. The maximum absolute atomic E-state index is 14.4. The maximum atomic E-state index is 14.4. The smallest absolute Gasteiger partial charge is 0.279 e. The SMILES string of the molecule is CC1(C)C=C(F)C(Nc2cncc3c2C(=O)N(OCCO)CC3)=CC1. The van der Waals surface area contributed by atoms with E-state index < -0.39 is 0 Å². The Morgan fingerprint density at radius 3 is 2.96 bits per heavy atom. The van der Waals surface area contributed by atoms with Crippen LogP contribution in [0.3, 0.4) is 0 Å². The van der Waals surface area contributed by atoms with E-state index in [1.165, 1.54) is 11.3 Å². The Kier molecular flexibility index (Phi) is 4.87. The fourth-order valence-corrected chi connectivity index (χ4v) is 2.96. The topological polar surface area (TPSA) is 74.7 Å². The van der Waals surface area contributed by atoms with Crippen LogP contribution in [0.2, 0.25) is 0 Å². The highest BCUT2D eigenvalue weighted by Crippen LogP contribution is 2.34. The third kappa shape index (κ3) is 3.72. The second-order valence-electron chi connectivity index (χ2n) is 6.86. The predicted molar refractivity (Wildman–Crippen MR) is 91.3 cm³/mol. The van der Waals surface area contributed by atoms with Gasteiger partial charge in [-0.25, -0.2) is 9.45 Å². The minimum absolute atomic E-state index is 0.0481. The fraction of sp³-hybridized carbons (Fsp3) is 0.444. The lowest BCUT2D eigenvalue weighted by Gasteiger charge is -2.29. The molecule has 2 N–H and O–H groups in total. The Balaban J connectivity index is 1.87. The number of carbonyl (C=O) groups excluding carboxylic acids is 1. The van der Waals surface area contributed by atoms with Crippen LogP contribution in [-0.4, -0.2) is 40.8 Å². The van der Waals surface area contributed by atoms with Crippen molar-refractivity contribution in [1.82, 2.24) is 10.0 Å². The molecule has 1 aliphatic carbocycles. The lowest BCUT2D eigenvalue weighted by Crippen LogP contribution is -2.38. The number of hydrogen-bond acceptors (Lipinski definition) is 5. The highest BCUT2D eigenvalue weighted by molar-refractivity contribution is 6.01. The molecule has 1 aromatic heterocycles. The van der Waals surface area contributed by atoms with Gasteiger partial charge in [0.1, 0.15) is 5.83 Å². The van der Waals surface area contributed by atoms with Crippen LogP contribution in [0.4, 0.5) is 10.1 Å². The molecule has 1 aliphatic heterocycles. The lowest BCUT2D eigenvalue weighted by molar-refractivity contribution is -0.132. The molecule has 2 heterocycles. The molecule has 0 bridgehead atoms. The fourth-order valence-electron chi connectivity index (χ4n) is 2.96. The molecule has 3 rings (SSSR count). The minimum atomic E-state index is -0.342. The number of pyridine rings is 1. The highest BCUT2D eigenvalue weighted by Gasteiger charge is 2.29. The van der Waals surface area contributed by atoms with Crippen LogP contribution < -0.4 is 5.32 Å². The van der Waals surface area contributed by atoms with Gasteiger partial charge in [-0.05, 0) is 29.9 Å². The highest BCUT2D eigenvalue weighted by atomic mass is 19.1. The van der Waals surface area contributed by atoms with E-state index in [1.807, 2.05) is 13.8 Å². The van der Waals surface area contributed by atoms with E-state index in [2.05, 4.69) is 10.3 Å². The molecule has 0 saturated heterocycles. The number of carbonyl (C=O) groups is 1. The zero-order chi connectivity index (χ0) is 18.0. The summed E-state index contributed by atoms with van der Waals surface area (Å²) in [5.41, 5.74) is 1.79. The summed E-state index contributed by atoms with van der Waals surface area (Å²) in [5.74, 6) is -0.661. The van der Waals surface area contributed by atoms with Crippen LogP contribution in [0.25, 0.3) is 0 Å². The summed E-state index contributed by atoms with van der Waals surface area (Å²) in [4.78, 5) is 22.1. The average molecular weight is 347 g/mol. The molecular formula is C18H22FN3O3. The largest absolute Gasteiger partial charge is 0.394 e. The third-order valence-corrected chi connectivity index (χ3v) is 4.26. The monoisotopic (exact) mass is 347 g/mol. The summed E-state index contributed by atoms with van der Waals surface area (Å²) in [6.45, 7) is 4.20. The summed E-state index contributed by atoms with van der Waals surface area (Å²) in [6, 6.07) is 0. The van der Waals surface area contributed by atoms with E-state index in [0.29, 0.717) is 36.3 Å². The molecule has 0 atom stereocenters. The Morgan fingerprint density at radius 1 is 1.44 bits per heavy atom. The van der Waals surface area contributed by atoms with Crippen molar-refractivity contribution < 1.29 is 19.1 Å². The summed E-state index contributed by atoms with van der Waals surface area (Å²) in [5, 5.41) is 13.1. The van der Waals surface area contributed by atoms with Crippen molar-refractivity contribution in [2.24, 2.45) is 5.41 Å². The van der Waals surface area contributed by atoms with E-state index in [-0.39, 0.29) is 30.4 Å². The van der Waals surface area contributed by atoms with Crippen LogP contribution >= 0.6 is 0 Å². The van der Waals surface area contributed by atoms with Gasteiger partial charge >= 0.3 is 0 Å². The Hall–Kier alpha value is -2.25. The van der Waals surface area contributed by atoms with Gasteiger partial charge in [-0.15, -0.1) is 0 Å². The molecule has 2 aliphatic rings. The number of nitrogens with zero attached hydrogens (tertiary/aromatic N) is 2. The number of amides is 1. The number of hydroxylamine groups is 2. The van der Waals surface area contributed by atoms with Gasteiger partial charge in [0.2, 0.25) is 0 Å². The molecule has 7 heteroatoms. The standard InChI is InChI=1S/C18H22FN3O3/c1-18(2)5-3-14(13(19)9-18)21-15-11-20-10-12-4-6-22(25-8-7-23)17(24)16(12)15/h3,9-11,21,23H,4-8H2,1-2H3. The number of allylic oxidation sites excluding steroid dienone is 3. The van der Waals surface area contributed by atoms with Gasteiger partial charge in [-0.2, -0.15) is 0 Å². The molecule has 25 heavy (non-hydrogen) atoms. The number of rotatable bonds is 5. The molecule has 0 unspecified atom stereocenters. The van der Waals surface area contributed by atoms with E-state index in [1.54, 1.807) is 18.3 Å². The van der Waals surface area contributed by atoms with Crippen molar-refractivity contribution in [3.8, 4) is 0 Å². The van der Waals surface area contributed by atoms with E-state index >= 15 is 0 Å². The number of fused-ring (bicyclic) bond motifs is 1. The number of aliphatic hydroxyl groups excluding tert-OH is 1. The summed E-state index contributed by atoms with van der Waals surface area (Å²) in [7, 11) is 0. The summed E-state index contributed by atoms with van der Waals surface area (Å²) >= 11 is 0. The molecule has 0 aromatic carbocycles. The van der Waals surface area contributed by atoms with Gasteiger partial charge in [0.05, 0.1) is 42.9 Å². The van der Waals surface area contributed by atoms with Gasteiger partial charge in [-0.1, -0.05) is 19.9 Å². The van der Waals surface area contributed by atoms with Gasteiger partial charge in [0, 0.05) is 6.20 Å². The first-order valence-electron chi connectivity index (χ1n) is 8.30. The molecule has 134 valence electrons. The van der Waals surface area contributed by atoms with E-state index in [0.717, 1.165) is 5.56 Å². The van der Waals surface area contributed by atoms with Crippen LogP contribution in [0, 0.1) is 5.41 Å². The molecule has 0 saturated carbocycles. The molecule has 0 radical (unpaired) electrons. The van der Waals surface area contributed by atoms with Gasteiger partial charge < -0.3 is 10.4 Å². The van der Waals surface area contributed by atoms with Crippen molar-refractivity contribution in [2.75, 3.05) is 25.1 Å². The number of nitrogens with one attached hydrogen (secondary N) is 1. The minimum Gasteiger partial charge on any atom is -0.394 e. The average Bonchev–Trinajstić information content (AvgIpc) is 2.56. The van der Waals surface area contributed by atoms with Crippen LogP contribution in [-0.2, 0) is 11.3 Å². The maximum Gasteiger partial charge on any atom is 0.279 e. The zero-order valence-corrected chi connectivity index (χ0v) is 14.4. The molecule has 1 aromatic rings. The van der Waals surface area contributed by atoms with E-state index in [4.69, 9.17) is 9.94 Å². The van der Waals surface area contributed by atoms with Crippen molar-refractivity contribution in [3.05, 3.63) is 47.2 Å². The summed E-state index contributed by atoms with van der Waals surface area (Å²) < 4.78 is 14.4. The molecular weight excluding hydrogens is 325 g/mol. The van der Waals surface area contributed by atoms with Crippen molar-refractivity contribution in [3.63, 3.8) is 0 Å². The third-order valence-electron chi connectivity index (χ3n) is 4.26. The zero-order valence-electron chi connectivity index (χ0n) is 14.4. The number of aliphatic hydroxyl groups is 1. The normalized spacial score (nSPS) is 19.2. The Bertz CT molecular complexity index is 743. The Morgan fingerprint density at radius 2 is 2.24 bits per heavy atom. The van der Waals surface area contributed by atoms with E-state index in [9.17, 15) is 9.18 Å². The van der Waals surface area contributed by atoms with Gasteiger partial charge in [0.25, 0.3) is 5.91 Å². The van der Waals surface area contributed by atoms with Crippen LogP contribution in [0.15, 0.2) is 36.1 Å². The quantitative estimate of drug-likeness (QED) is 0.856. The first-order chi connectivity index (χ1) is 11.9.